The van der Waals surface area contributed by atoms with E-state index in [1.807, 2.05) is 0 Å². The lowest BCUT2D eigenvalue weighted by molar-refractivity contribution is 0.0271. The monoisotopic (exact) mass is 798 g/mol. The molecule has 2 spiro atoms. The Morgan fingerprint density at radius 3 is 2.20 bits per heavy atom. The number of ether oxygens (including phenoxy) is 1. The minimum atomic E-state index is -0.0236. The van der Waals surface area contributed by atoms with Gasteiger partial charge in [-0.3, -0.25) is 10.6 Å². The molecule has 0 radical (unpaired) electrons. The van der Waals surface area contributed by atoms with Crippen molar-refractivity contribution in [2.24, 2.45) is 17.8 Å². The van der Waals surface area contributed by atoms with Crippen molar-refractivity contribution in [3.8, 4) is 0 Å². The van der Waals surface area contributed by atoms with E-state index in [4.69, 9.17) is 4.74 Å². The van der Waals surface area contributed by atoms with Gasteiger partial charge in [-0.1, -0.05) is 172 Å². The van der Waals surface area contributed by atoms with Crippen LogP contribution in [0.4, 0.5) is 0 Å². The van der Waals surface area contributed by atoms with Gasteiger partial charge in [-0.05, 0) is 124 Å². The second-order valence-electron chi connectivity index (χ2n) is 20.0. The number of hydrogen-bond acceptors (Lipinski definition) is 3. The van der Waals surface area contributed by atoms with Crippen LogP contribution in [0.15, 0.2) is 151 Å². The highest BCUT2D eigenvalue weighted by molar-refractivity contribution is 5.97. The molecule has 2 saturated carbocycles. The van der Waals surface area contributed by atoms with Crippen LogP contribution >= 0.6 is 0 Å². The number of nitrogens with one attached hydrogen (secondary N) is 2. The van der Waals surface area contributed by atoms with E-state index in [-0.39, 0.29) is 29.3 Å². The predicted molar refractivity (Wildman–Crippen MR) is 248 cm³/mol. The van der Waals surface area contributed by atoms with Gasteiger partial charge in [0, 0.05) is 34.6 Å². The molecule has 13 rings (SSSR count). The lowest BCUT2D eigenvalue weighted by Gasteiger charge is -2.43. The van der Waals surface area contributed by atoms with Crippen LogP contribution in [-0.2, 0) is 15.6 Å². The molecule has 0 amide bonds. The third-order valence-corrected chi connectivity index (χ3v) is 17.2. The highest BCUT2D eigenvalue weighted by Crippen LogP contribution is 2.66. The predicted octanol–water partition coefficient (Wildman–Crippen LogP) is 13.5. The van der Waals surface area contributed by atoms with E-state index < -0.39 is 0 Å². The molecule has 3 heteroatoms. The van der Waals surface area contributed by atoms with Crippen LogP contribution in [0.5, 0.6) is 0 Å². The van der Waals surface area contributed by atoms with Gasteiger partial charge < -0.3 is 4.74 Å². The quantitative estimate of drug-likeness (QED) is 0.216. The van der Waals surface area contributed by atoms with Crippen LogP contribution in [0.25, 0.3) is 16.7 Å². The Labute approximate surface area is 362 Å². The van der Waals surface area contributed by atoms with Crippen molar-refractivity contribution < 1.29 is 4.74 Å². The van der Waals surface area contributed by atoms with Crippen LogP contribution in [0.1, 0.15) is 146 Å². The lowest BCUT2D eigenvalue weighted by Crippen LogP contribution is -2.54. The maximum absolute atomic E-state index is 6.62. The molecule has 2 N–H and O–H groups in total. The van der Waals surface area contributed by atoms with Crippen molar-refractivity contribution in [1.29, 1.82) is 0 Å². The van der Waals surface area contributed by atoms with Crippen LogP contribution in [0.3, 0.4) is 0 Å². The molecule has 4 aromatic carbocycles. The standard InChI is InChI=1S/C58H58N2O/c1-4-15-40(16-5-1)54-53-44-18-7-9-22-51(44)61-56(53)60-55(59-54)41-29-25-38(26-30-41)37-23-27-39(28-24-37)42-19-14-21-48-52(42)46-36-49-45(35-50(46)58(48)33-12-3-13-34-58)43-17-6-8-20-47(43)57(49)31-10-2-11-32-57/h1,4-9,14-17,19-23,25-27,29-30,35-36,44-45,49,53-56,59-60H,2-3,10-13,18,24,28,31-34H2. The first-order valence-corrected chi connectivity index (χ1v) is 24.0. The van der Waals surface area contributed by atoms with Gasteiger partial charge in [-0.25, -0.2) is 0 Å². The Hall–Kier alpha value is -4.96. The van der Waals surface area contributed by atoms with E-state index in [0.717, 1.165) is 25.0 Å². The second kappa shape index (κ2) is 14.3. The fourth-order valence-corrected chi connectivity index (χ4v) is 14.5. The van der Waals surface area contributed by atoms with Crippen molar-refractivity contribution in [1.82, 2.24) is 10.6 Å². The van der Waals surface area contributed by atoms with Gasteiger partial charge in [0.05, 0.1) is 6.17 Å². The largest absolute Gasteiger partial charge is 0.479 e. The van der Waals surface area contributed by atoms with Crippen molar-refractivity contribution in [3.05, 3.63) is 195 Å². The molecule has 7 unspecified atom stereocenters. The summed E-state index contributed by atoms with van der Waals surface area (Å²) in [6.45, 7) is 0. The molecule has 9 aliphatic rings. The van der Waals surface area contributed by atoms with Crippen LogP contribution in [0.2, 0.25) is 0 Å². The SMILES string of the molecule is C1=CCC2C(=C1)OC1NC(c3ccc(C4=CC=C(c5cccc6c5C5=CC7C(C=C5C65CCCCC5)c5ccccc5C75CCCCC5)CC4)cc3)NC(c3ccccc3)C12. The molecule has 2 heterocycles. The van der Waals surface area contributed by atoms with Gasteiger partial charge in [0.15, 0.2) is 6.23 Å². The van der Waals surface area contributed by atoms with Gasteiger partial charge in [0.2, 0.25) is 0 Å². The van der Waals surface area contributed by atoms with Crippen molar-refractivity contribution in [2.45, 2.75) is 119 Å². The Bertz CT molecular complexity index is 2590. The summed E-state index contributed by atoms with van der Waals surface area (Å²) in [4.78, 5) is 0. The summed E-state index contributed by atoms with van der Waals surface area (Å²) in [5.41, 5.74) is 18.6. The smallest absolute Gasteiger partial charge is 0.156 e. The van der Waals surface area contributed by atoms with E-state index >= 15 is 0 Å². The zero-order valence-corrected chi connectivity index (χ0v) is 35.4. The topological polar surface area (TPSA) is 33.3 Å². The maximum Gasteiger partial charge on any atom is 0.156 e. The number of rotatable bonds is 4. The Kier molecular flexibility index (Phi) is 8.59. The number of hydrogen-bond donors (Lipinski definition) is 2. The lowest BCUT2D eigenvalue weighted by atomic mass is 9.61. The summed E-state index contributed by atoms with van der Waals surface area (Å²) in [7, 11) is 0. The molecule has 4 fully saturated rings. The number of fused-ring (bicyclic) bond motifs is 13. The normalized spacial score (nSPS) is 31.0. The third kappa shape index (κ3) is 5.55. The average molecular weight is 799 g/mol. The molecular weight excluding hydrogens is 741 g/mol. The summed E-state index contributed by atoms with van der Waals surface area (Å²) < 4.78 is 6.62. The number of benzene rings is 4. The van der Waals surface area contributed by atoms with Gasteiger partial charge >= 0.3 is 0 Å². The molecule has 4 aromatic rings. The first-order chi connectivity index (χ1) is 30.2. The summed E-state index contributed by atoms with van der Waals surface area (Å²) in [5.74, 6) is 2.94. The highest BCUT2D eigenvalue weighted by atomic mass is 16.5. The van der Waals surface area contributed by atoms with E-state index in [0.29, 0.717) is 23.7 Å². The van der Waals surface area contributed by atoms with Gasteiger partial charge in [-0.2, -0.15) is 0 Å². The zero-order valence-electron chi connectivity index (χ0n) is 35.4. The molecule has 3 nitrogen and oxygen atoms in total. The molecule has 0 bridgehead atoms. The molecule has 7 atom stereocenters. The molecular formula is C58H58N2O. The fraction of sp³-hybridized carbons (Fsp3) is 0.379. The Balaban J connectivity index is 0.819. The van der Waals surface area contributed by atoms with Gasteiger partial charge in [0.25, 0.3) is 0 Å². The Morgan fingerprint density at radius 2 is 1.38 bits per heavy atom. The Morgan fingerprint density at radius 1 is 0.623 bits per heavy atom. The van der Waals surface area contributed by atoms with Gasteiger partial charge in [-0.15, -0.1) is 0 Å². The van der Waals surface area contributed by atoms with E-state index in [1.54, 1.807) is 33.4 Å². The maximum atomic E-state index is 6.62. The van der Waals surface area contributed by atoms with Crippen LogP contribution in [-0.4, -0.2) is 6.23 Å². The van der Waals surface area contributed by atoms with Crippen LogP contribution < -0.4 is 10.6 Å². The molecule has 61 heavy (non-hydrogen) atoms. The van der Waals surface area contributed by atoms with Crippen LogP contribution in [0, 0.1) is 17.8 Å². The summed E-state index contributed by atoms with van der Waals surface area (Å²) in [5, 5.41) is 7.91. The highest BCUT2D eigenvalue weighted by Gasteiger charge is 2.56. The fourth-order valence-electron chi connectivity index (χ4n) is 14.5. The average Bonchev–Trinajstić information content (AvgIpc) is 3.93. The third-order valence-electron chi connectivity index (χ3n) is 17.2. The molecule has 2 saturated heterocycles. The minimum absolute atomic E-state index is 0.00314. The zero-order chi connectivity index (χ0) is 40.1. The van der Waals surface area contributed by atoms with E-state index in [1.165, 1.54) is 97.6 Å². The molecule has 306 valence electrons. The van der Waals surface area contributed by atoms with Crippen molar-refractivity contribution in [3.63, 3.8) is 0 Å². The van der Waals surface area contributed by atoms with E-state index in [9.17, 15) is 0 Å². The molecule has 7 aliphatic carbocycles. The second-order valence-corrected chi connectivity index (χ2v) is 20.0. The summed E-state index contributed by atoms with van der Waals surface area (Å²) in [6, 6.07) is 37.6. The van der Waals surface area contributed by atoms with E-state index in [2.05, 4.69) is 150 Å². The minimum Gasteiger partial charge on any atom is -0.479 e. The number of allylic oxidation sites excluding steroid dienone is 12. The van der Waals surface area contributed by atoms with Crippen molar-refractivity contribution >= 4 is 16.7 Å². The summed E-state index contributed by atoms with van der Waals surface area (Å²) in [6.07, 6.45) is 33.8. The molecule has 0 aromatic heterocycles. The molecule has 2 aliphatic heterocycles. The summed E-state index contributed by atoms with van der Waals surface area (Å²) >= 11 is 0. The van der Waals surface area contributed by atoms with Gasteiger partial charge in [0.1, 0.15) is 5.76 Å². The first kappa shape index (κ1) is 36.7. The van der Waals surface area contributed by atoms with Crippen molar-refractivity contribution in [2.75, 3.05) is 0 Å². The first-order valence-electron chi connectivity index (χ1n) is 24.0.